The van der Waals surface area contributed by atoms with Gasteiger partial charge in [-0.2, -0.15) is 11.8 Å². The predicted octanol–water partition coefficient (Wildman–Crippen LogP) is 2.61. The van der Waals surface area contributed by atoms with Crippen molar-refractivity contribution in [3.63, 3.8) is 0 Å². The van der Waals surface area contributed by atoms with Crippen LogP contribution in [0.4, 0.5) is 5.69 Å². The molecule has 21 heavy (non-hydrogen) atoms. The molecule has 1 aromatic rings. The van der Waals surface area contributed by atoms with E-state index in [9.17, 15) is 8.42 Å². The van der Waals surface area contributed by atoms with E-state index in [0.29, 0.717) is 10.1 Å². The van der Waals surface area contributed by atoms with Crippen molar-refractivity contribution in [2.75, 3.05) is 18.1 Å². The highest BCUT2D eigenvalue weighted by molar-refractivity contribution is 7.99. The number of anilines is 1. The molecule has 116 valence electrons. The minimum Gasteiger partial charge on any atom is -0.384 e. The van der Waals surface area contributed by atoms with Crippen LogP contribution in [0.3, 0.4) is 0 Å². The molecule has 0 unspecified atom stereocenters. The maximum atomic E-state index is 12.5. The molecule has 0 amide bonds. The molecule has 0 aromatic heterocycles. The molecule has 3 rings (SSSR count). The largest absolute Gasteiger partial charge is 0.384 e. The van der Waals surface area contributed by atoms with Crippen LogP contribution in [0.1, 0.15) is 31.2 Å². The van der Waals surface area contributed by atoms with E-state index in [1.165, 1.54) is 0 Å². The lowest BCUT2D eigenvalue weighted by Gasteiger charge is -2.27. The molecule has 1 heterocycles. The van der Waals surface area contributed by atoms with E-state index >= 15 is 0 Å². The van der Waals surface area contributed by atoms with Gasteiger partial charge in [0.05, 0.1) is 4.90 Å². The van der Waals surface area contributed by atoms with Crippen LogP contribution in [0.2, 0.25) is 0 Å². The Morgan fingerprint density at radius 1 is 1.24 bits per heavy atom. The molecule has 1 fully saturated rings. The van der Waals surface area contributed by atoms with Gasteiger partial charge in [-0.05, 0) is 62.1 Å². The first-order valence-corrected chi connectivity index (χ1v) is 10.3. The smallest absolute Gasteiger partial charge is 0.240 e. The molecule has 0 atom stereocenters. The second-order valence-electron chi connectivity index (χ2n) is 5.83. The first-order chi connectivity index (χ1) is 10.1. The molecule has 6 heteroatoms. The van der Waals surface area contributed by atoms with Crippen LogP contribution in [0.5, 0.6) is 0 Å². The van der Waals surface area contributed by atoms with Gasteiger partial charge in [0.2, 0.25) is 10.0 Å². The van der Waals surface area contributed by atoms with E-state index < -0.39 is 10.0 Å². The molecule has 0 saturated heterocycles. The summed E-state index contributed by atoms with van der Waals surface area (Å²) < 4.78 is 27.9. The third kappa shape index (κ3) is 3.38. The summed E-state index contributed by atoms with van der Waals surface area (Å²) >= 11 is 1.89. The second kappa shape index (κ2) is 6.18. The lowest BCUT2D eigenvalue weighted by atomic mass is 9.96. The van der Waals surface area contributed by atoms with Crippen LogP contribution >= 0.6 is 11.8 Å². The zero-order valence-electron chi connectivity index (χ0n) is 12.3. The SMILES string of the molecule is CSC1CCC(NS(=O)(=O)c2ccc3c(c2)CCN3)CC1. The van der Waals surface area contributed by atoms with Crippen molar-refractivity contribution in [3.8, 4) is 0 Å². The Morgan fingerprint density at radius 2 is 2.00 bits per heavy atom. The minimum absolute atomic E-state index is 0.0878. The quantitative estimate of drug-likeness (QED) is 0.893. The number of sulfonamides is 1. The van der Waals surface area contributed by atoms with Gasteiger partial charge in [-0.1, -0.05) is 0 Å². The first-order valence-electron chi connectivity index (χ1n) is 7.50. The van der Waals surface area contributed by atoms with Crippen molar-refractivity contribution in [1.29, 1.82) is 0 Å². The number of thioether (sulfide) groups is 1. The Labute approximate surface area is 131 Å². The topological polar surface area (TPSA) is 58.2 Å². The molecular formula is C15H22N2O2S2. The summed E-state index contributed by atoms with van der Waals surface area (Å²) in [6.45, 7) is 0.894. The molecular weight excluding hydrogens is 304 g/mol. The van der Waals surface area contributed by atoms with Gasteiger partial charge >= 0.3 is 0 Å². The maximum Gasteiger partial charge on any atom is 0.240 e. The van der Waals surface area contributed by atoms with Crippen molar-refractivity contribution in [2.45, 2.75) is 48.3 Å². The molecule has 4 nitrogen and oxygen atoms in total. The van der Waals surface area contributed by atoms with E-state index in [2.05, 4.69) is 16.3 Å². The number of benzene rings is 1. The molecule has 1 saturated carbocycles. The summed E-state index contributed by atoms with van der Waals surface area (Å²) in [7, 11) is -3.39. The van der Waals surface area contributed by atoms with Gasteiger partial charge in [-0.25, -0.2) is 13.1 Å². The van der Waals surface area contributed by atoms with Crippen molar-refractivity contribution < 1.29 is 8.42 Å². The van der Waals surface area contributed by atoms with Crippen LogP contribution in [-0.2, 0) is 16.4 Å². The summed E-state index contributed by atoms with van der Waals surface area (Å²) in [5.41, 5.74) is 2.17. The molecule has 2 aliphatic rings. The fourth-order valence-electron chi connectivity index (χ4n) is 3.15. The van der Waals surface area contributed by atoms with Gasteiger partial charge in [-0.15, -0.1) is 0 Å². The van der Waals surface area contributed by atoms with Crippen molar-refractivity contribution in [2.24, 2.45) is 0 Å². The van der Waals surface area contributed by atoms with E-state index in [1.54, 1.807) is 6.07 Å². The first kappa shape index (κ1) is 15.2. The normalized spacial score (nSPS) is 25.4. The molecule has 1 aliphatic heterocycles. The Kier molecular flexibility index (Phi) is 4.47. The maximum absolute atomic E-state index is 12.5. The fraction of sp³-hybridized carbons (Fsp3) is 0.600. The van der Waals surface area contributed by atoms with E-state index in [0.717, 1.165) is 49.9 Å². The van der Waals surface area contributed by atoms with Crippen LogP contribution < -0.4 is 10.0 Å². The second-order valence-corrected chi connectivity index (χ2v) is 8.68. The average Bonchev–Trinajstić information content (AvgIpc) is 2.95. The van der Waals surface area contributed by atoms with Crippen molar-refractivity contribution in [1.82, 2.24) is 4.72 Å². The molecule has 1 aromatic carbocycles. The average molecular weight is 326 g/mol. The zero-order valence-corrected chi connectivity index (χ0v) is 13.9. The molecule has 1 aliphatic carbocycles. The molecule has 0 bridgehead atoms. The van der Waals surface area contributed by atoms with Crippen LogP contribution in [-0.4, -0.2) is 32.5 Å². The number of fused-ring (bicyclic) bond motifs is 1. The highest BCUT2D eigenvalue weighted by Crippen LogP contribution is 2.29. The third-order valence-corrected chi connectivity index (χ3v) is 7.08. The van der Waals surface area contributed by atoms with Gasteiger partial charge in [-0.3, -0.25) is 0 Å². The third-order valence-electron chi connectivity index (χ3n) is 4.43. The van der Waals surface area contributed by atoms with Gasteiger partial charge < -0.3 is 5.32 Å². The Hall–Kier alpha value is -0.720. The summed E-state index contributed by atoms with van der Waals surface area (Å²) in [5, 5.41) is 3.95. The van der Waals surface area contributed by atoms with E-state index in [-0.39, 0.29) is 6.04 Å². The minimum atomic E-state index is -3.39. The molecule has 0 spiro atoms. The highest BCUT2D eigenvalue weighted by Gasteiger charge is 2.26. The lowest BCUT2D eigenvalue weighted by molar-refractivity contribution is 0.420. The molecule has 2 N–H and O–H groups in total. The lowest BCUT2D eigenvalue weighted by Crippen LogP contribution is -2.38. The fourth-order valence-corrected chi connectivity index (χ4v) is 5.25. The Bertz CT molecular complexity index is 608. The standard InChI is InChI=1S/C15H22N2O2S2/c1-20-13-4-2-12(3-5-13)17-21(18,19)14-6-7-15-11(10-14)8-9-16-15/h6-7,10,12-13,16-17H,2-5,8-9H2,1H3. The summed E-state index contributed by atoms with van der Waals surface area (Å²) in [6, 6.07) is 5.48. The zero-order chi connectivity index (χ0) is 14.9. The number of nitrogens with one attached hydrogen (secondary N) is 2. The number of hydrogen-bond donors (Lipinski definition) is 2. The summed E-state index contributed by atoms with van der Waals surface area (Å²) in [5.74, 6) is 0. The predicted molar refractivity (Wildman–Crippen MR) is 88.5 cm³/mol. The van der Waals surface area contributed by atoms with Gasteiger partial charge in [0.15, 0.2) is 0 Å². The van der Waals surface area contributed by atoms with Gasteiger partial charge in [0.1, 0.15) is 0 Å². The summed E-state index contributed by atoms with van der Waals surface area (Å²) in [6.07, 6.45) is 7.12. The van der Waals surface area contributed by atoms with Crippen LogP contribution in [0.15, 0.2) is 23.1 Å². The van der Waals surface area contributed by atoms with Crippen LogP contribution in [0.25, 0.3) is 0 Å². The summed E-state index contributed by atoms with van der Waals surface area (Å²) in [4.78, 5) is 0.400. The van der Waals surface area contributed by atoms with Gasteiger partial charge in [0.25, 0.3) is 0 Å². The monoisotopic (exact) mass is 326 g/mol. The number of rotatable bonds is 4. The van der Waals surface area contributed by atoms with Crippen LogP contribution in [0, 0.1) is 0 Å². The van der Waals surface area contributed by atoms with E-state index in [4.69, 9.17) is 0 Å². The van der Waals surface area contributed by atoms with Crippen molar-refractivity contribution >= 4 is 27.5 Å². The highest BCUT2D eigenvalue weighted by atomic mass is 32.2. The van der Waals surface area contributed by atoms with Crippen molar-refractivity contribution in [3.05, 3.63) is 23.8 Å². The van der Waals surface area contributed by atoms with Gasteiger partial charge in [0, 0.05) is 23.5 Å². The number of hydrogen-bond acceptors (Lipinski definition) is 4. The Morgan fingerprint density at radius 3 is 2.71 bits per heavy atom. The van der Waals surface area contributed by atoms with E-state index in [1.807, 2.05) is 23.9 Å². The molecule has 0 radical (unpaired) electrons. The Balaban J connectivity index is 1.70.